The van der Waals surface area contributed by atoms with Gasteiger partial charge in [0.25, 0.3) is 0 Å². The number of nitrogens with one attached hydrogen (secondary N) is 1. The van der Waals surface area contributed by atoms with Gasteiger partial charge in [-0.2, -0.15) is 4.98 Å². The van der Waals surface area contributed by atoms with Crippen LogP contribution in [0.15, 0.2) is 6.20 Å². The zero-order chi connectivity index (χ0) is 13.8. The van der Waals surface area contributed by atoms with E-state index in [1.54, 1.807) is 0 Å². The summed E-state index contributed by atoms with van der Waals surface area (Å²) in [5.74, 6) is 0.247. The maximum atomic E-state index is 10.9. The van der Waals surface area contributed by atoms with Crippen LogP contribution in [0.4, 0.5) is 17.5 Å². The molecule has 0 radical (unpaired) electrons. The summed E-state index contributed by atoms with van der Waals surface area (Å²) in [6.07, 6.45) is 3.18. The van der Waals surface area contributed by atoms with Crippen molar-refractivity contribution in [3.8, 4) is 0 Å². The Balaban J connectivity index is 2.13. The molecule has 1 atom stereocenters. The summed E-state index contributed by atoms with van der Waals surface area (Å²) in [7, 11) is 0. The lowest BCUT2D eigenvalue weighted by Crippen LogP contribution is -2.42. The highest BCUT2D eigenvalue weighted by Gasteiger charge is 2.23. The molecule has 1 aromatic rings. The van der Waals surface area contributed by atoms with Crippen molar-refractivity contribution in [1.29, 1.82) is 0 Å². The first-order valence-electron chi connectivity index (χ1n) is 6.36. The van der Waals surface area contributed by atoms with E-state index in [1.807, 2.05) is 0 Å². The number of nitrogen functional groups attached to an aromatic ring is 1. The smallest absolute Gasteiger partial charge is 0.329 e. The third-order valence-electron chi connectivity index (χ3n) is 3.28. The van der Waals surface area contributed by atoms with E-state index in [0.29, 0.717) is 0 Å². The van der Waals surface area contributed by atoms with Crippen LogP contribution in [0.1, 0.15) is 19.8 Å². The molecule has 8 heteroatoms. The summed E-state index contributed by atoms with van der Waals surface area (Å²) in [5, 5.41) is 14.1. The van der Waals surface area contributed by atoms with E-state index in [1.165, 1.54) is 0 Å². The average Bonchev–Trinajstić information content (AvgIpc) is 2.38. The molecule has 1 unspecified atom stereocenters. The molecule has 1 aromatic heterocycles. The lowest BCUT2D eigenvalue weighted by atomic mass is 10.1. The molecular weight excluding hydrogens is 248 g/mol. The van der Waals surface area contributed by atoms with Crippen LogP contribution < -0.4 is 11.1 Å². The van der Waals surface area contributed by atoms with Crippen molar-refractivity contribution in [1.82, 2.24) is 14.9 Å². The molecule has 0 spiro atoms. The summed E-state index contributed by atoms with van der Waals surface area (Å²) in [6.45, 7) is 5.01. The molecule has 1 aliphatic rings. The number of piperidine rings is 1. The fraction of sp³-hybridized carbons (Fsp3) is 0.636. The molecule has 0 aromatic carbocycles. The van der Waals surface area contributed by atoms with E-state index in [9.17, 15) is 10.1 Å². The van der Waals surface area contributed by atoms with Gasteiger partial charge in [0.1, 0.15) is 6.20 Å². The number of rotatable bonds is 4. The van der Waals surface area contributed by atoms with E-state index in [0.717, 1.165) is 38.7 Å². The normalized spacial score (nSPS) is 20.2. The van der Waals surface area contributed by atoms with Crippen molar-refractivity contribution in [3.05, 3.63) is 16.3 Å². The second-order valence-corrected chi connectivity index (χ2v) is 4.60. The predicted molar refractivity (Wildman–Crippen MR) is 71.9 cm³/mol. The molecule has 1 fully saturated rings. The van der Waals surface area contributed by atoms with Gasteiger partial charge in [-0.25, -0.2) is 4.98 Å². The topological polar surface area (TPSA) is 110 Å². The fourth-order valence-corrected chi connectivity index (χ4v) is 2.28. The number of nitrogens with zero attached hydrogens (tertiary/aromatic N) is 4. The summed E-state index contributed by atoms with van der Waals surface area (Å²) in [6, 6.07) is 0.154. The van der Waals surface area contributed by atoms with Crippen molar-refractivity contribution < 1.29 is 4.92 Å². The summed E-state index contributed by atoms with van der Waals surface area (Å²) in [4.78, 5) is 20.3. The van der Waals surface area contributed by atoms with Gasteiger partial charge in [-0.15, -0.1) is 0 Å². The molecular formula is C11H18N6O2. The Bertz CT molecular complexity index is 466. The highest BCUT2D eigenvalue weighted by molar-refractivity contribution is 5.56. The van der Waals surface area contributed by atoms with E-state index in [4.69, 9.17) is 5.73 Å². The van der Waals surface area contributed by atoms with Crippen LogP contribution in [-0.4, -0.2) is 45.5 Å². The van der Waals surface area contributed by atoms with Crippen molar-refractivity contribution in [2.75, 3.05) is 30.7 Å². The van der Waals surface area contributed by atoms with E-state index >= 15 is 0 Å². The summed E-state index contributed by atoms with van der Waals surface area (Å²) in [5.41, 5.74) is 5.35. The van der Waals surface area contributed by atoms with Crippen LogP contribution in [-0.2, 0) is 0 Å². The molecule has 0 amide bonds. The van der Waals surface area contributed by atoms with Crippen molar-refractivity contribution >= 4 is 17.5 Å². The lowest BCUT2D eigenvalue weighted by molar-refractivity contribution is -0.384. The van der Waals surface area contributed by atoms with Gasteiger partial charge in [0.05, 0.1) is 4.92 Å². The standard InChI is InChI=1S/C11H18N6O2/c1-2-16-5-3-4-8(7-16)14-10-9(17(18)19)6-13-11(12)15-10/h6,8H,2-5,7H2,1H3,(H3,12,13,14,15). The molecule has 19 heavy (non-hydrogen) atoms. The Kier molecular flexibility index (Phi) is 4.10. The van der Waals surface area contributed by atoms with E-state index in [2.05, 4.69) is 27.1 Å². The monoisotopic (exact) mass is 266 g/mol. The minimum absolute atomic E-state index is 0.0382. The number of anilines is 2. The Morgan fingerprint density at radius 1 is 1.68 bits per heavy atom. The van der Waals surface area contributed by atoms with E-state index < -0.39 is 4.92 Å². The van der Waals surface area contributed by atoms with Crippen molar-refractivity contribution in [2.24, 2.45) is 0 Å². The zero-order valence-corrected chi connectivity index (χ0v) is 10.9. The maximum Gasteiger partial charge on any atom is 0.329 e. The molecule has 0 aliphatic carbocycles. The second-order valence-electron chi connectivity index (χ2n) is 4.60. The van der Waals surface area contributed by atoms with E-state index in [-0.39, 0.29) is 23.5 Å². The molecule has 2 rings (SSSR count). The van der Waals surface area contributed by atoms with Gasteiger partial charge in [-0.05, 0) is 25.9 Å². The maximum absolute atomic E-state index is 10.9. The van der Waals surface area contributed by atoms with Gasteiger partial charge in [0.2, 0.25) is 11.8 Å². The average molecular weight is 266 g/mol. The third-order valence-corrected chi connectivity index (χ3v) is 3.28. The molecule has 0 bridgehead atoms. The highest BCUT2D eigenvalue weighted by atomic mass is 16.6. The van der Waals surface area contributed by atoms with Crippen molar-refractivity contribution in [3.63, 3.8) is 0 Å². The van der Waals surface area contributed by atoms with Crippen LogP contribution in [0.25, 0.3) is 0 Å². The Morgan fingerprint density at radius 2 is 2.47 bits per heavy atom. The first-order chi connectivity index (χ1) is 9.10. The minimum atomic E-state index is -0.498. The highest BCUT2D eigenvalue weighted by Crippen LogP contribution is 2.23. The second kappa shape index (κ2) is 5.79. The molecule has 104 valence electrons. The van der Waals surface area contributed by atoms with Gasteiger partial charge in [-0.1, -0.05) is 6.92 Å². The molecule has 1 saturated heterocycles. The lowest BCUT2D eigenvalue weighted by Gasteiger charge is -2.32. The number of hydrogen-bond donors (Lipinski definition) is 2. The summed E-state index contributed by atoms with van der Waals surface area (Å²) >= 11 is 0. The molecule has 0 saturated carbocycles. The number of aromatic nitrogens is 2. The first kappa shape index (κ1) is 13.5. The minimum Gasteiger partial charge on any atom is -0.368 e. The first-order valence-corrected chi connectivity index (χ1v) is 6.36. The number of likely N-dealkylation sites (N-methyl/N-ethyl adjacent to an activating group) is 1. The Hall–Kier alpha value is -1.96. The number of likely N-dealkylation sites (tertiary alicyclic amines) is 1. The largest absolute Gasteiger partial charge is 0.368 e. The van der Waals surface area contributed by atoms with Crippen molar-refractivity contribution in [2.45, 2.75) is 25.8 Å². The number of hydrogen-bond acceptors (Lipinski definition) is 7. The Labute approximate surface area is 111 Å². The summed E-state index contributed by atoms with van der Waals surface area (Å²) < 4.78 is 0. The number of nitrogens with two attached hydrogens (primary N) is 1. The molecule has 2 heterocycles. The quantitative estimate of drug-likeness (QED) is 0.614. The molecule has 1 aliphatic heterocycles. The third kappa shape index (κ3) is 3.28. The van der Waals surface area contributed by atoms with Gasteiger partial charge in [0, 0.05) is 12.6 Å². The van der Waals surface area contributed by atoms with Gasteiger partial charge in [0.15, 0.2) is 0 Å². The molecule has 8 nitrogen and oxygen atoms in total. The van der Waals surface area contributed by atoms with Crippen LogP contribution in [0, 0.1) is 10.1 Å². The van der Waals surface area contributed by atoms with Crippen LogP contribution in [0.3, 0.4) is 0 Å². The van der Waals surface area contributed by atoms with Gasteiger partial charge >= 0.3 is 5.69 Å². The van der Waals surface area contributed by atoms with Gasteiger partial charge in [-0.3, -0.25) is 10.1 Å². The van der Waals surface area contributed by atoms with Gasteiger partial charge < -0.3 is 16.0 Å². The Morgan fingerprint density at radius 3 is 3.16 bits per heavy atom. The molecule has 3 N–H and O–H groups in total. The number of nitro groups is 1. The fourth-order valence-electron chi connectivity index (χ4n) is 2.28. The van der Waals surface area contributed by atoms with Crippen LogP contribution >= 0.6 is 0 Å². The predicted octanol–water partition coefficient (Wildman–Crippen LogP) is 0.863. The van der Waals surface area contributed by atoms with Crippen LogP contribution in [0.2, 0.25) is 0 Å². The SMILES string of the molecule is CCN1CCCC(Nc2nc(N)ncc2[N+](=O)[O-])C1. The zero-order valence-electron chi connectivity index (χ0n) is 10.9. The van der Waals surface area contributed by atoms with Crippen LogP contribution in [0.5, 0.6) is 0 Å².